The number of benzene rings is 2. The molecule has 4 aromatic rings. The van der Waals surface area contributed by atoms with E-state index in [1.54, 1.807) is 29.5 Å². The maximum absolute atomic E-state index is 11.2. The van der Waals surface area contributed by atoms with E-state index in [4.69, 9.17) is 0 Å². The summed E-state index contributed by atoms with van der Waals surface area (Å²) >= 11 is 5.09. The van der Waals surface area contributed by atoms with Crippen LogP contribution in [0, 0.1) is 6.92 Å². The summed E-state index contributed by atoms with van der Waals surface area (Å²) in [6.45, 7) is 2.07. The Hall–Kier alpha value is -2.77. The van der Waals surface area contributed by atoms with Gasteiger partial charge < -0.3 is 10.4 Å². The molecule has 2 aromatic heterocycles. The number of anilines is 2. The second-order valence-corrected chi connectivity index (χ2v) is 8.07. The van der Waals surface area contributed by atoms with Crippen molar-refractivity contribution in [3.8, 4) is 11.1 Å². The van der Waals surface area contributed by atoms with E-state index in [0.717, 1.165) is 30.7 Å². The quantitative estimate of drug-likeness (QED) is 0.415. The van der Waals surface area contributed by atoms with Crippen LogP contribution in [0.25, 0.3) is 21.3 Å². The first-order chi connectivity index (χ1) is 13.0. The highest BCUT2D eigenvalue weighted by molar-refractivity contribution is 9.10. The summed E-state index contributed by atoms with van der Waals surface area (Å²) in [6.07, 6.45) is 1.52. The summed E-state index contributed by atoms with van der Waals surface area (Å²) in [5.74, 6) is -0.307. The molecule has 5 nitrogen and oxygen atoms in total. The van der Waals surface area contributed by atoms with Crippen LogP contribution >= 0.6 is 27.3 Å². The number of carboxylic acid groups (broad SMARTS) is 1. The molecule has 27 heavy (non-hydrogen) atoms. The van der Waals surface area contributed by atoms with Crippen molar-refractivity contribution in [1.82, 2.24) is 9.97 Å². The average Bonchev–Trinajstić information content (AvgIpc) is 2.99. The van der Waals surface area contributed by atoms with E-state index in [0.29, 0.717) is 11.5 Å². The van der Waals surface area contributed by atoms with Crippen molar-refractivity contribution in [2.45, 2.75) is 6.92 Å². The Bertz CT molecular complexity index is 1160. The molecule has 0 spiro atoms. The van der Waals surface area contributed by atoms with Crippen LogP contribution in [0.4, 0.5) is 11.5 Å². The monoisotopic (exact) mass is 439 g/mol. The Morgan fingerprint density at radius 3 is 2.67 bits per heavy atom. The molecule has 7 heteroatoms. The van der Waals surface area contributed by atoms with Crippen LogP contribution in [-0.2, 0) is 0 Å². The van der Waals surface area contributed by atoms with Crippen LogP contribution in [0.15, 0.2) is 59.3 Å². The number of rotatable bonds is 4. The lowest BCUT2D eigenvalue weighted by atomic mass is 10.0. The number of fused-ring (bicyclic) bond motifs is 1. The van der Waals surface area contributed by atoms with Crippen LogP contribution in [0.1, 0.15) is 15.2 Å². The minimum absolute atomic E-state index is 0.222. The minimum Gasteiger partial charge on any atom is -0.478 e. The lowest BCUT2D eigenvalue weighted by molar-refractivity contribution is 0.0697. The molecule has 0 atom stereocenters. The van der Waals surface area contributed by atoms with Gasteiger partial charge in [-0.15, -0.1) is 11.3 Å². The summed E-state index contributed by atoms with van der Waals surface area (Å²) in [7, 11) is 0. The Kier molecular flexibility index (Phi) is 4.63. The number of aromatic nitrogens is 2. The summed E-state index contributed by atoms with van der Waals surface area (Å²) in [4.78, 5) is 22.1. The Labute approximate surface area is 167 Å². The van der Waals surface area contributed by atoms with Crippen LogP contribution in [0.3, 0.4) is 0 Å². The molecular formula is C20H14BrN3O2S. The Morgan fingerprint density at radius 1 is 1.15 bits per heavy atom. The van der Waals surface area contributed by atoms with Crippen molar-refractivity contribution in [2.24, 2.45) is 0 Å². The number of carbonyl (C=O) groups is 1. The number of aryl methyl sites for hydroxylation is 1. The van der Waals surface area contributed by atoms with Gasteiger partial charge in [0.2, 0.25) is 0 Å². The number of carboxylic acids is 1. The number of thiophene rings is 1. The fourth-order valence-electron chi connectivity index (χ4n) is 2.97. The molecule has 0 bridgehead atoms. The SMILES string of the molecule is Cc1sc2ncnc(Nc3cccc(C(=O)O)c3)c2c1-c1ccc(Br)cc1. The van der Waals surface area contributed by atoms with Crippen LogP contribution in [0.2, 0.25) is 0 Å². The first kappa shape index (κ1) is 17.6. The van der Waals surface area contributed by atoms with Gasteiger partial charge in [-0.3, -0.25) is 0 Å². The molecule has 0 fully saturated rings. The van der Waals surface area contributed by atoms with E-state index in [1.165, 1.54) is 6.33 Å². The molecule has 2 aromatic carbocycles. The second-order valence-electron chi connectivity index (χ2n) is 5.95. The van der Waals surface area contributed by atoms with Gasteiger partial charge in [0.25, 0.3) is 0 Å². The van der Waals surface area contributed by atoms with Gasteiger partial charge in [-0.25, -0.2) is 14.8 Å². The van der Waals surface area contributed by atoms with E-state index in [-0.39, 0.29) is 5.56 Å². The van der Waals surface area contributed by atoms with Gasteiger partial charge in [-0.1, -0.05) is 34.1 Å². The van der Waals surface area contributed by atoms with E-state index < -0.39 is 5.97 Å². The van der Waals surface area contributed by atoms with Crippen molar-refractivity contribution in [1.29, 1.82) is 0 Å². The summed E-state index contributed by atoms with van der Waals surface area (Å²) in [5, 5.41) is 13.4. The second kappa shape index (κ2) is 7.09. The fourth-order valence-corrected chi connectivity index (χ4v) is 4.25. The van der Waals surface area contributed by atoms with Gasteiger partial charge in [0.05, 0.1) is 10.9 Å². The zero-order valence-corrected chi connectivity index (χ0v) is 16.6. The highest BCUT2D eigenvalue weighted by Gasteiger charge is 2.17. The maximum Gasteiger partial charge on any atom is 0.335 e. The van der Waals surface area contributed by atoms with Gasteiger partial charge in [0.1, 0.15) is 17.0 Å². The minimum atomic E-state index is -0.964. The summed E-state index contributed by atoms with van der Waals surface area (Å²) in [5.41, 5.74) is 3.06. The normalized spacial score (nSPS) is 10.9. The molecule has 0 radical (unpaired) electrons. The zero-order chi connectivity index (χ0) is 19.0. The van der Waals surface area contributed by atoms with Crippen molar-refractivity contribution in [2.75, 3.05) is 5.32 Å². The van der Waals surface area contributed by atoms with Crippen molar-refractivity contribution < 1.29 is 9.90 Å². The predicted octanol–water partition coefficient (Wildman–Crippen LogP) is 5.87. The van der Waals surface area contributed by atoms with E-state index in [1.807, 2.05) is 18.2 Å². The number of hydrogen-bond donors (Lipinski definition) is 2. The van der Waals surface area contributed by atoms with Crippen LogP contribution in [-0.4, -0.2) is 21.0 Å². The lowest BCUT2D eigenvalue weighted by Gasteiger charge is -2.10. The van der Waals surface area contributed by atoms with Crippen molar-refractivity contribution in [3.63, 3.8) is 0 Å². The molecule has 4 rings (SSSR count). The third-order valence-corrected chi connectivity index (χ3v) is 5.71. The first-order valence-corrected chi connectivity index (χ1v) is 9.74. The third-order valence-electron chi connectivity index (χ3n) is 4.17. The number of hydrogen-bond acceptors (Lipinski definition) is 5. The molecule has 0 saturated heterocycles. The number of aromatic carboxylic acids is 1. The molecule has 2 heterocycles. The molecule has 0 aliphatic heterocycles. The molecule has 0 aliphatic carbocycles. The zero-order valence-electron chi connectivity index (χ0n) is 14.2. The van der Waals surface area contributed by atoms with Gasteiger partial charge >= 0.3 is 5.97 Å². The van der Waals surface area contributed by atoms with Gasteiger partial charge in [0, 0.05) is 20.6 Å². The van der Waals surface area contributed by atoms with Crippen molar-refractivity contribution in [3.05, 3.63) is 69.8 Å². The number of nitrogens with one attached hydrogen (secondary N) is 1. The Balaban J connectivity index is 1.85. The molecule has 0 amide bonds. The van der Waals surface area contributed by atoms with E-state index in [9.17, 15) is 9.90 Å². The summed E-state index contributed by atoms with van der Waals surface area (Å²) in [6, 6.07) is 14.8. The maximum atomic E-state index is 11.2. The topological polar surface area (TPSA) is 75.1 Å². The highest BCUT2D eigenvalue weighted by atomic mass is 79.9. The molecule has 0 unspecified atom stereocenters. The van der Waals surface area contributed by atoms with Crippen molar-refractivity contribution >= 4 is 55.0 Å². The molecule has 0 saturated carbocycles. The lowest BCUT2D eigenvalue weighted by Crippen LogP contribution is -1.99. The van der Waals surface area contributed by atoms with Gasteiger partial charge in [0.15, 0.2) is 0 Å². The third kappa shape index (κ3) is 3.43. The van der Waals surface area contributed by atoms with E-state index in [2.05, 4.69) is 50.3 Å². The predicted molar refractivity (Wildman–Crippen MR) is 112 cm³/mol. The first-order valence-electron chi connectivity index (χ1n) is 8.13. The largest absolute Gasteiger partial charge is 0.478 e. The van der Waals surface area contributed by atoms with Gasteiger partial charge in [-0.05, 0) is 42.8 Å². The summed E-state index contributed by atoms with van der Waals surface area (Å²) < 4.78 is 1.02. The number of nitrogens with zero attached hydrogens (tertiary/aromatic N) is 2. The molecular weight excluding hydrogens is 426 g/mol. The smallest absolute Gasteiger partial charge is 0.335 e. The standard InChI is InChI=1S/C20H14BrN3O2S/c1-11-16(12-5-7-14(21)8-6-12)17-18(22-10-23-19(17)27-11)24-15-4-2-3-13(9-15)20(25)26/h2-10H,1H3,(H,25,26)(H,22,23,24). The van der Waals surface area contributed by atoms with Crippen LogP contribution in [0.5, 0.6) is 0 Å². The number of halogens is 1. The average molecular weight is 440 g/mol. The molecule has 0 aliphatic rings. The highest BCUT2D eigenvalue weighted by Crippen LogP contribution is 2.41. The Morgan fingerprint density at radius 2 is 1.93 bits per heavy atom. The van der Waals surface area contributed by atoms with Crippen LogP contribution < -0.4 is 5.32 Å². The van der Waals surface area contributed by atoms with E-state index >= 15 is 0 Å². The molecule has 2 N–H and O–H groups in total. The van der Waals surface area contributed by atoms with Gasteiger partial charge in [-0.2, -0.15) is 0 Å². The fraction of sp³-hybridized carbons (Fsp3) is 0.0500. The molecule has 134 valence electrons.